The van der Waals surface area contributed by atoms with Crippen molar-refractivity contribution in [2.45, 2.75) is 27.2 Å². The number of hydrogen-bond donors (Lipinski definition) is 0. The fraction of sp³-hybridized carbons (Fsp3) is 0.357. The van der Waals surface area contributed by atoms with Gasteiger partial charge in [0.15, 0.2) is 0 Å². The maximum Gasteiger partial charge on any atom is 0.316 e. The molecule has 2 rings (SSSR count). The van der Waals surface area contributed by atoms with Gasteiger partial charge in [0.1, 0.15) is 11.3 Å². The monoisotopic (exact) mass is 232 g/mol. The summed E-state index contributed by atoms with van der Waals surface area (Å²) < 4.78 is 10.6. The number of benzene rings is 1. The zero-order valence-electron chi connectivity index (χ0n) is 10.3. The van der Waals surface area contributed by atoms with Crippen molar-refractivity contribution in [3.63, 3.8) is 0 Å². The van der Waals surface area contributed by atoms with E-state index in [1.54, 1.807) is 18.4 Å². The van der Waals surface area contributed by atoms with E-state index in [-0.39, 0.29) is 5.97 Å². The molecule has 0 bridgehead atoms. The molecule has 0 saturated heterocycles. The molecule has 2 aromatic rings. The van der Waals surface area contributed by atoms with Crippen molar-refractivity contribution in [2.75, 3.05) is 0 Å². The molecule has 3 nitrogen and oxygen atoms in total. The molecule has 3 heteroatoms. The van der Waals surface area contributed by atoms with Crippen LogP contribution in [0.4, 0.5) is 0 Å². The SMILES string of the molecule is CCC(C)(C)C(=O)Oc1ccc2ccoc2c1. The Morgan fingerprint density at radius 2 is 2.12 bits per heavy atom. The lowest BCUT2D eigenvalue weighted by atomic mass is 9.91. The van der Waals surface area contributed by atoms with Crippen molar-refractivity contribution >= 4 is 16.9 Å². The van der Waals surface area contributed by atoms with Crippen molar-refractivity contribution in [2.24, 2.45) is 5.41 Å². The number of carbonyl (C=O) groups is 1. The average molecular weight is 232 g/mol. The summed E-state index contributed by atoms with van der Waals surface area (Å²) in [6, 6.07) is 7.26. The molecule has 17 heavy (non-hydrogen) atoms. The Morgan fingerprint density at radius 3 is 2.82 bits per heavy atom. The largest absolute Gasteiger partial charge is 0.464 e. The van der Waals surface area contributed by atoms with Crippen LogP contribution in [0.3, 0.4) is 0 Å². The summed E-state index contributed by atoms with van der Waals surface area (Å²) in [5, 5.41) is 1.000. The molecular weight excluding hydrogens is 216 g/mol. The Balaban J connectivity index is 2.21. The molecule has 0 aliphatic heterocycles. The summed E-state index contributed by atoms with van der Waals surface area (Å²) in [6.45, 7) is 5.72. The summed E-state index contributed by atoms with van der Waals surface area (Å²) in [6.07, 6.45) is 2.36. The fourth-order valence-corrected chi connectivity index (χ4v) is 1.39. The fourth-order valence-electron chi connectivity index (χ4n) is 1.39. The van der Waals surface area contributed by atoms with Crippen LogP contribution in [0.2, 0.25) is 0 Å². The molecule has 0 unspecified atom stereocenters. The summed E-state index contributed by atoms with van der Waals surface area (Å²) in [7, 11) is 0. The molecule has 0 saturated carbocycles. The van der Waals surface area contributed by atoms with E-state index in [2.05, 4.69) is 0 Å². The first-order valence-corrected chi connectivity index (χ1v) is 5.72. The Kier molecular flexibility index (Phi) is 2.92. The normalized spacial score (nSPS) is 11.7. The number of ether oxygens (including phenoxy) is 1. The van der Waals surface area contributed by atoms with Gasteiger partial charge in [-0.2, -0.15) is 0 Å². The van der Waals surface area contributed by atoms with Crippen LogP contribution < -0.4 is 4.74 Å². The quantitative estimate of drug-likeness (QED) is 0.597. The first-order chi connectivity index (χ1) is 8.03. The lowest BCUT2D eigenvalue weighted by Gasteiger charge is -2.19. The molecule has 1 aromatic carbocycles. The van der Waals surface area contributed by atoms with Crippen LogP contribution in [0, 0.1) is 5.41 Å². The van der Waals surface area contributed by atoms with E-state index in [1.165, 1.54) is 0 Å². The highest BCUT2D eigenvalue weighted by Gasteiger charge is 2.27. The first kappa shape index (κ1) is 11.7. The molecule has 90 valence electrons. The summed E-state index contributed by atoms with van der Waals surface area (Å²) >= 11 is 0. The third kappa shape index (κ3) is 2.33. The minimum Gasteiger partial charge on any atom is -0.464 e. The third-order valence-corrected chi connectivity index (χ3v) is 3.07. The van der Waals surface area contributed by atoms with Crippen LogP contribution in [0.5, 0.6) is 5.75 Å². The lowest BCUT2D eigenvalue weighted by molar-refractivity contribution is -0.144. The zero-order valence-corrected chi connectivity index (χ0v) is 10.3. The van der Waals surface area contributed by atoms with Gasteiger partial charge < -0.3 is 9.15 Å². The second-order valence-corrected chi connectivity index (χ2v) is 4.75. The van der Waals surface area contributed by atoms with E-state index in [0.717, 1.165) is 17.4 Å². The number of hydrogen-bond acceptors (Lipinski definition) is 3. The van der Waals surface area contributed by atoms with Crippen LogP contribution in [0.15, 0.2) is 34.9 Å². The maximum absolute atomic E-state index is 11.9. The van der Waals surface area contributed by atoms with E-state index in [1.807, 2.05) is 32.9 Å². The van der Waals surface area contributed by atoms with E-state index < -0.39 is 5.41 Å². The average Bonchev–Trinajstić information content (AvgIpc) is 2.76. The van der Waals surface area contributed by atoms with Crippen molar-refractivity contribution in [3.8, 4) is 5.75 Å². The first-order valence-electron chi connectivity index (χ1n) is 5.72. The summed E-state index contributed by atoms with van der Waals surface area (Å²) in [5.41, 5.74) is 0.266. The second kappa shape index (κ2) is 4.24. The highest BCUT2D eigenvalue weighted by molar-refractivity contribution is 5.82. The highest BCUT2D eigenvalue weighted by atomic mass is 16.5. The van der Waals surface area contributed by atoms with Gasteiger partial charge in [0.2, 0.25) is 0 Å². The minimum absolute atomic E-state index is 0.217. The van der Waals surface area contributed by atoms with Gasteiger partial charge in [-0.3, -0.25) is 4.79 Å². The van der Waals surface area contributed by atoms with Gasteiger partial charge in [0, 0.05) is 11.5 Å². The highest BCUT2D eigenvalue weighted by Crippen LogP contribution is 2.26. The number of fused-ring (bicyclic) bond motifs is 1. The third-order valence-electron chi connectivity index (χ3n) is 3.07. The predicted molar refractivity (Wildman–Crippen MR) is 65.9 cm³/mol. The topological polar surface area (TPSA) is 39.4 Å². The van der Waals surface area contributed by atoms with Crippen LogP contribution in [-0.4, -0.2) is 5.97 Å². The Hall–Kier alpha value is -1.77. The molecular formula is C14H16O3. The second-order valence-electron chi connectivity index (χ2n) is 4.75. The predicted octanol–water partition coefficient (Wildman–Crippen LogP) is 3.77. The van der Waals surface area contributed by atoms with Gasteiger partial charge in [-0.1, -0.05) is 6.92 Å². The van der Waals surface area contributed by atoms with Gasteiger partial charge in [-0.05, 0) is 38.5 Å². The number of rotatable bonds is 3. The molecule has 0 aliphatic rings. The number of esters is 1. The van der Waals surface area contributed by atoms with E-state index >= 15 is 0 Å². The Labute approximate surface area is 100 Å². The molecule has 0 N–H and O–H groups in total. The molecule has 0 fully saturated rings. The molecule has 0 atom stereocenters. The van der Waals surface area contributed by atoms with Gasteiger partial charge in [-0.25, -0.2) is 0 Å². The molecule has 1 aromatic heterocycles. The van der Waals surface area contributed by atoms with E-state index in [4.69, 9.17) is 9.15 Å². The Morgan fingerprint density at radius 1 is 1.35 bits per heavy atom. The van der Waals surface area contributed by atoms with Crippen molar-refractivity contribution in [1.29, 1.82) is 0 Å². The van der Waals surface area contributed by atoms with Gasteiger partial charge in [0.25, 0.3) is 0 Å². The smallest absolute Gasteiger partial charge is 0.316 e. The van der Waals surface area contributed by atoms with Crippen LogP contribution in [-0.2, 0) is 4.79 Å². The minimum atomic E-state index is -0.460. The van der Waals surface area contributed by atoms with Gasteiger partial charge in [-0.15, -0.1) is 0 Å². The van der Waals surface area contributed by atoms with Crippen LogP contribution >= 0.6 is 0 Å². The van der Waals surface area contributed by atoms with Gasteiger partial charge >= 0.3 is 5.97 Å². The van der Waals surface area contributed by atoms with Gasteiger partial charge in [0.05, 0.1) is 11.7 Å². The zero-order chi connectivity index (χ0) is 12.5. The van der Waals surface area contributed by atoms with Crippen molar-refractivity contribution in [3.05, 3.63) is 30.5 Å². The molecule has 0 spiro atoms. The molecule has 1 heterocycles. The van der Waals surface area contributed by atoms with E-state index in [0.29, 0.717) is 5.75 Å². The van der Waals surface area contributed by atoms with E-state index in [9.17, 15) is 4.79 Å². The Bertz CT molecular complexity index is 537. The molecule has 0 radical (unpaired) electrons. The lowest BCUT2D eigenvalue weighted by Crippen LogP contribution is -2.28. The van der Waals surface area contributed by atoms with Crippen molar-refractivity contribution in [1.82, 2.24) is 0 Å². The van der Waals surface area contributed by atoms with Crippen LogP contribution in [0.25, 0.3) is 11.0 Å². The van der Waals surface area contributed by atoms with Crippen molar-refractivity contribution < 1.29 is 13.9 Å². The van der Waals surface area contributed by atoms with Crippen LogP contribution in [0.1, 0.15) is 27.2 Å². The number of furan rings is 1. The molecule has 0 amide bonds. The number of carbonyl (C=O) groups excluding carboxylic acids is 1. The maximum atomic E-state index is 11.9. The summed E-state index contributed by atoms with van der Waals surface area (Å²) in [4.78, 5) is 11.9. The molecule has 0 aliphatic carbocycles. The summed E-state index contributed by atoms with van der Waals surface area (Å²) in [5.74, 6) is 0.310. The standard InChI is InChI=1S/C14H16O3/c1-4-14(2,3)13(15)17-11-6-5-10-7-8-16-12(10)9-11/h5-9H,4H2,1-3H3.